The molecule has 1 amide bonds. The highest BCUT2D eigenvalue weighted by Gasteiger charge is 2.20. The maximum absolute atomic E-state index is 11.5. The van der Waals surface area contributed by atoms with Gasteiger partial charge in [0.05, 0.1) is 6.04 Å². The number of nitrogens with zero attached hydrogens (tertiary/aromatic N) is 1. The van der Waals surface area contributed by atoms with E-state index < -0.39 is 5.60 Å². The number of likely N-dealkylation sites (N-methyl/N-ethyl adjacent to an activating group) is 1. The Labute approximate surface area is 91.3 Å². The van der Waals surface area contributed by atoms with E-state index in [2.05, 4.69) is 5.32 Å². The minimum Gasteiger partial charge on any atom is -0.444 e. The largest absolute Gasteiger partial charge is 0.444 e. The van der Waals surface area contributed by atoms with E-state index in [9.17, 15) is 4.79 Å². The zero-order valence-electron chi connectivity index (χ0n) is 9.91. The normalized spacial score (nSPS) is 21.3. The summed E-state index contributed by atoms with van der Waals surface area (Å²) in [5, 5.41) is 2.85. The van der Waals surface area contributed by atoms with Crippen molar-refractivity contribution in [2.24, 2.45) is 0 Å². The molecule has 4 nitrogen and oxygen atoms in total. The van der Waals surface area contributed by atoms with Gasteiger partial charge in [0.2, 0.25) is 0 Å². The van der Waals surface area contributed by atoms with Gasteiger partial charge in [-0.3, -0.25) is 0 Å². The Bertz CT molecular complexity index is 256. The molecule has 0 unspecified atom stereocenters. The second-order valence-corrected chi connectivity index (χ2v) is 4.90. The van der Waals surface area contributed by atoms with Crippen molar-refractivity contribution in [1.29, 1.82) is 0 Å². The van der Waals surface area contributed by atoms with Gasteiger partial charge in [0.1, 0.15) is 5.60 Å². The van der Waals surface area contributed by atoms with Crippen molar-refractivity contribution in [3.8, 4) is 0 Å². The van der Waals surface area contributed by atoms with Gasteiger partial charge in [0.25, 0.3) is 0 Å². The van der Waals surface area contributed by atoms with Crippen molar-refractivity contribution < 1.29 is 9.53 Å². The molecule has 0 aromatic rings. The van der Waals surface area contributed by atoms with E-state index in [0.29, 0.717) is 0 Å². The summed E-state index contributed by atoms with van der Waals surface area (Å²) in [6.07, 6.45) is 4.60. The van der Waals surface area contributed by atoms with Gasteiger partial charge >= 0.3 is 6.09 Å². The van der Waals surface area contributed by atoms with E-state index in [1.165, 1.54) is 0 Å². The van der Waals surface area contributed by atoms with E-state index >= 15 is 0 Å². The Morgan fingerprint density at radius 3 is 2.73 bits per heavy atom. The van der Waals surface area contributed by atoms with Crippen molar-refractivity contribution in [3.05, 3.63) is 12.3 Å². The topological polar surface area (TPSA) is 41.6 Å². The number of amides is 1. The lowest BCUT2D eigenvalue weighted by Gasteiger charge is -2.28. The number of nitrogens with one attached hydrogen (secondary N) is 1. The molecule has 0 saturated carbocycles. The number of carbonyl (C=O) groups excluding carboxylic acids is 1. The standard InChI is InChI=1S/C11H20N2O2/c1-11(2,3)15-10(14)12-9-6-5-7-13(4)8-9/h5,7,9H,6,8H2,1-4H3,(H,12,14)/t9-/m1/s1. The van der Waals surface area contributed by atoms with Crippen LogP contribution < -0.4 is 5.32 Å². The second-order valence-electron chi connectivity index (χ2n) is 4.90. The number of rotatable bonds is 1. The molecule has 0 radical (unpaired) electrons. The van der Waals surface area contributed by atoms with E-state index in [4.69, 9.17) is 4.74 Å². The summed E-state index contributed by atoms with van der Waals surface area (Å²) in [6.45, 7) is 6.41. The monoisotopic (exact) mass is 212 g/mol. The molecule has 0 aromatic carbocycles. The van der Waals surface area contributed by atoms with Gasteiger partial charge in [0.15, 0.2) is 0 Å². The lowest BCUT2D eigenvalue weighted by atomic mass is 10.1. The van der Waals surface area contributed by atoms with Crippen LogP contribution >= 0.6 is 0 Å². The molecule has 0 aromatic heterocycles. The fourth-order valence-corrected chi connectivity index (χ4v) is 1.47. The summed E-state index contributed by atoms with van der Waals surface area (Å²) in [4.78, 5) is 13.5. The van der Waals surface area contributed by atoms with Crippen LogP contribution in [-0.2, 0) is 4.74 Å². The summed E-state index contributed by atoms with van der Waals surface area (Å²) < 4.78 is 5.18. The molecule has 4 heteroatoms. The zero-order chi connectivity index (χ0) is 11.5. The molecule has 0 fully saturated rings. The quantitative estimate of drug-likeness (QED) is 0.719. The lowest BCUT2D eigenvalue weighted by Crippen LogP contribution is -2.44. The molecule has 1 atom stereocenters. The zero-order valence-corrected chi connectivity index (χ0v) is 9.91. The Kier molecular flexibility index (Phi) is 3.61. The number of hydrogen-bond acceptors (Lipinski definition) is 3. The molecule has 0 spiro atoms. The molecule has 1 aliphatic rings. The number of hydrogen-bond donors (Lipinski definition) is 1. The SMILES string of the molecule is CN1C=CC[C@@H](NC(=O)OC(C)(C)C)C1. The van der Waals surface area contributed by atoms with Gasteiger partial charge in [-0.1, -0.05) is 6.08 Å². The summed E-state index contributed by atoms with van der Waals surface area (Å²) >= 11 is 0. The predicted molar refractivity (Wildman–Crippen MR) is 59.5 cm³/mol. The van der Waals surface area contributed by atoms with Gasteiger partial charge in [-0.2, -0.15) is 0 Å². The molecular weight excluding hydrogens is 192 g/mol. The van der Waals surface area contributed by atoms with Gasteiger partial charge in [-0.15, -0.1) is 0 Å². The lowest BCUT2D eigenvalue weighted by molar-refractivity contribution is 0.0496. The maximum atomic E-state index is 11.5. The third-order valence-electron chi connectivity index (χ3n) is 2.01. The molecule has 15 heavy (non-hydrogen) atoms. The predicted octanol–water partition coefficient (Wildman–Crippen LogP) is 1.73. The summed E-state index contributed by atoms with van der Waals surface area (Å²) in [5.41, 5.74) is -0.430. The summed E-state index contributed by atoms with van der Waals surface area (Å²) in [7, 11) is 1.99. The number of alkyl carbamates (subject to hydrolysis) is 1. The molecule has 1 heterocycles. The molecule has 0 bridgehead atoms. The van der Waals surface area contributed by atoms with Crippen LogP contribution in [0.5, 0.6) is 0 Å². The number of carbonyl (C=O) groups is 1. The van der Waals surface area contributed by atoms with Crippen LogP contribution in [-0.4, -0.2) is 36.2 Å². The van der Waals surface area contributed by atoms with Crippen LogP contribution in [0.3, 0.4) is 0 Å². The average molecular weight is 212 g/mol. The smallest absolute Gasteiger partial charge is 0.407 e. The highest BCUT2D eigenvalue weighted by atomic mass is 16.6. The van der Waals surface area contributed by atoms with Crippen molar-refractivity contribution in [2.75, 3.05) is 13.6 Å². The van der Waals surface area contributed by atoms with Gasteiger partial charge < -0.3 is 15.0 Å². The maximum Gasteiger partial charge on any atom is 0.407 e. The highest BCUT2D eigenvalue weighted by Crippen LogP contribution is 2.09. The first-order chi connectivity index (χ1) is 6.87. The Balaban J connectivity index is 2.36. The first-order valence-corrected chi connectivity index (χ1v) is 5.23. The van der Waals surface area contributed by atoms with Crippen LogP contribution in [0.25, 0.3) is 0 Å². The van der Waals surface area contributed by atoms with Gasteiger partial charge in [0, 0.05) is 13.6 Å². The molecular formula is C11H20N2O2. The second kappa shape index (κ2) is 4.55. The summed E-state index contributed by atoms with van der Waals surface area (Å²) in [5.74, 6) is 0. The minimum atomic E-state index is -0.430. The van der Waals surface area contributed by atoms with E-state index in [1.807, 2.05) is 45.0 Å². The van der Waals surface area contributed by atoms with Crippen LogP contribution in [0.15, 0.2) is 12.3 Å². The van der Waals surface area contributed by atoms with Crippen LogP contribution in [0.4, 0.5) is 4.79 Å². The first kappa shape index (κ1) is 11.9. The van der Waals surface area contributed by atoms with Crippen LogP contribution in [0.1, 0.15) is 27.2 Å². The van der Waals surface area contributed by atoms with Crippen LogP contribution in [0, 0.1) is 0 Å². The Morgan fingerprint density at radius 2 is 2.20 bits per heavy atom. The Hall–Kier alpha value is -1.19. The van der Waals surface area contributed by atoms with E-state index in [0.717, 1.165) is 13.0 Å². The average Bonchev–Trinajstić information content (AvgIpc) is 1.99. The van der Waals surface area contributed by atoms with Crippen molar-refractivity contribution in [3.63, 3.8) is 0 Å². The Morgan fingerprint density at radius 1 is 1.53 bits per heavy atom. The minimum absolute atomic E-state index is 0.148. The first-order valence-electron chi connectivity index (χ1n) is 5.23. The third kappa shape index (κ3) is 4.72. The molecule has 0 aliphatic carbocycles. The third-order valence-corrected chi connectivity index (χ3v) is 2.01. The summed E-state index contributed by atoms with van der Waals surface area (Å²) in [6, 6.07) is 0.148. The molecule has 86 valence electrons. The van der Waals surface area contributed by atoms with Gasteiger partial charge in [-0.25, -0.2) is 4.79 Å². The highest BCUT2D eigenvalue weighted by molar-refractivity contribution is 5.68. The van der Waals surface area contributed by atoms with E-state index in [1.54, 1.807) is 0 Å². The number of ether oxygens (including phenoxy) is 1. The molecule has 1 N–H and O–H groups in total. The fraction of sp³-hybridized carbons (Fsp3) is 0.727. The fourth-order valence-electron chi connectivity index (χ4n) is 1.47. The van der Waals surface area contributed by atoms with Crippen molar-refractivity contribution in [2.45, 2.75) is 38.8 Å². The molecule has 1 aliphatic heterocycles. The van der Waals surface area contributed by atoms with Gasteiger partial charge in [-0.05, 0) is 33.4 Å². The van der Waals surface area contributed by atoms with Crippen LogP contribution in [0.2, 0.25) is 0 Å². The van der Waals surface area contributed by atoms with Crippen molar-refractivity contribution >= 4 is 6.09 Å². The molecule has 1 rings (SSSR count). The van der Waals surface area contributed by atoms with E-state index in [-0.39, 0.29) is 12.1 Å². The molecule has 0 saturated heterocycles. The van der Waals surface area contributed by atoms with Crippen molar-refractivity contribution in [1.82, 2.24) is 10.2 Å².